The van der Waals surface area contributed by atoms with Crippen LogP contribution >= 0.6 is 0 Å². The van der Waals surface area contributed by atoms with E-state index in [1.54, 1.807) is 0 Å². The average molecular weight is 516 g/mol. The van der Waals surface area contributed by atoms with Crippen LogP contribution in [0.1, 0.15) is 92.4 Å². The molecule has 1 atom stereocenters. The summed E-state index contributed by atoms with van der Waals surface area (Å²) in [5.74, 6) is 0.599. The van der Waals surface area contributed by atoms with Gasteiger partial charge in [0.1, 0.15) is 0 Å². The summed E-state index contributed by atoms with van der Waals surface area (Å²) in [5, 5.41) is 0. The minimum atomic E-state index is 0.599. The Morgan fingerprint density at radius 2 is 0.947 bits per heavy atom. The van der Waals surface area contributed by atoms with Crippen molar-refractivity contribution in [1.82, 2.24) is 0 Å². The van der Waals surface area contributed by atoms with Crippen molar-refractivity contribution in [1.29, 1.82) is 0 Å². The summed E-state index contributed by atoms with van der Waals surface area (Å²) in [5.41, 5.74) is 6.41. The molecule has 0 heterocycles. The van der Waals surface area contributed by atoms with Crippen molar-refractivity contribution in [3.8, 4) is 0 Å². The van der Waals surface area contributed by atoms with Crippen LogP contribution in [0.3, 0.4) is 0 Å². The van der Waals surface area contributed by atoms with E-state index in [-0.39, 0.29) is 0 Å². The molecule has 1 aliphatic carbocycles. The summed E-state index contributed by atoms with van der Waals surface area (Å²) in [6.07, 6.45) is 18.0. The Balaban J connectivity index is 1.89. The van der Waals surface area contributed by atoms with E-state index in [2.05, 4.69) is 116 Å². The third-order valence-electron chi connectivity index (χ3n) is 7.62. The zero-order chi connectivity index (χ0) is 27.2. The minimum absolute atomic E-state index is 0.599. The van der Waals surface area contributed by atoms with Gasteiger partial charge < -0.3 is 14.7 Å². The molecule has 0 fully saturated rings. The second-order valence-electron chi connectivity index (χ2n) is 11.0. The molecule has 208 valence electrons. The van der Waals surface area contributed by atoms with Crippen molar-refractivity contribution < 1.29 is 0 Å². The largest absolute Gasteiger partial charge is 0.372 e. The summed E-state index contributed by atoms with van der Waals surface area (Å²) >= 11 is 0. The first kappa shape index (κ1) is 29.9. The van der Waals surface area contributed by atoms with Gasteiger partial charge in [0.25, 0.3) is 0 Å². The van der Waals surface area contributed by atoms with E-state index in [1.807, 2.05) is 0 Å². The number of benzene rings is 2. The second kappa shape index (κ2) is 16.3. The number of rotatable bonds is 17. The van der Waals surface area contributed by atoms with Crippen LogP contribution in [0, 0.1) is 5.92 Å². The molecule has 0 amide bonds. The number of anilines is 4. The van der Waals surface area contributed by atoms with Crippen LogP contribution < -0.4 is 14.7 Å². The van der Waals surface area contributed by atoms with Crippen molar-refractivity contribution in [2.24, 2.45) is 5.92 Å². The molecule has 38 heavy (non-hydrogen) atoms. The van der Waals surface area contributed by atoms with Crippen LogP contribution in [0.25, 0.3) is 0 Å². The molecule has 2 aromatic carbocycles. The molecule has 0 radical (unpaired) electrons. The van der Waals surface area contributed by atoms with E-state index in [0.29, 0.717) is 5.92 Å². The summed E-state index contributed by atoms with van der Waals surface area (Å²) in [6, 6.07) is 18.6. The molecule has 0 spiro atoms. The lowest BCUT2D eigenvalue weighted by Gasteiger charge is -2.31. The second-order valence-corrected chi connectivity index (χ2v) is 11.0. The van der Waals surface area contributed by atoms with Crippen LogP contribution in [0.15, 0.2) is 72.5 Å². The smallest absolute Gasteiger partial charge is 0.0462 e. The van der Waals surface area contributed by atoms with E-state index < -0.39 is 0 Å². The van der Waals surface area contributed by atoms with Crippen molar-refractivity contribution >= 4 is 22.7 Å². The fraction of sp³-hybridized carbons (Fsp3) is 0.543. The van der Waals surface area contributed by atoms with E-state index in [0.717, 1.165) is 32.6 Å². The van der Waals surface area contributed by atoms with Gasteiger partial charge in [0.05, 0.1) is 0 Å². The van der Waals surface area contributed by atoms with Gasteiger partial charge in [0, 0.05) is 54.6 Å². The lowest BCUT2D eigenvalue weighted by Crippen LogP contribution is -2.26. The third kappa shape index (κ3) is 8.68. The molecular formula is C35H53N3. The van der Waals surface area contributed by atoms with E-state index in [4.69, 9.17) is 0 Å². The van der Waals surface area contributed by atoms with Gasteiger partial charge in [-0.3, -0.25) is 0 Å². The molecule has 0 saturated heterocycles. The van der Waals surface area contributed by atoms with Crippen LogP contribution in [-0.2, 0) is 0 Å². The average Bonchev–Trinajstić information content (AvgIpc) is 2.95. The lowest BCUT2D eigenvalue weighted by molar-refractivity contribution is 0.678. The first-order valence-electron chi connectivity index (χ1n) is 15.5. The number of unbranched alkanes of at least 4 members (excludes halogenated alkanes) is 4. The highest BCUT2D eigenvalue weighted by Gasteiger charge is 2.17. The topological polar surface area (TPSA) is 9.72 Å². The van der Waals surface area contributed by atoms with Crippen molar-refractivity contribution in [2.45, 2.75) is 92.4 Å². The Hall–Kier alpha value is -2.68. The molecule has 2 aromatic rings. The number of hydrogen-bond acceptors (Lipinski definition) is 3. The Kier molecular flexibility index (Phi) is 12.8. The highest BCUT2D eigenvalue weighted by molar-refractivity contribution is 5.73. The number of allylic oxidation sites excluding steroid dienone is 3. The summed E-state index contributed by atoms with van der Waals surface area (Å²) in [7, 11) is 0. The van der Waals surface area contributed by atoms with E-state index in [9.17, 15) is 0 Å². The zero-order valence-electron chi connectivity index (χ0n) is 25.0. The van der Waals surface area contributed by atoms with Crippen LogP contribution in [0.2, 0.25) is 0 Å². The lowest BCUT2D eigenvalue weighted by atomic mass is 10.0. The quantitative estimate of drug-likeness (QED) is 0.207. The molecule has 0 N–H and O–H groups in total. The predicted molar refractivity (Wildman–Crippen MR) is 170 cm³/mol. The predicted octanol–water partition coefficient (Wildman–Crippen LogP) is 10.1. The SMILES string of the molecule is CCCCN(CCCC)c1ccc(N(C2=CCC(C)C=C2)c2ccc(N(CCCC)CCCC)cc2)cc1. The van der Waals surface area contributed by atoms with Gasteiger partial charge in [-0.2, -0.15) is 0 Å². The van der Waals surface area contributed by atoms with Gasteiger partial charge >= 0.3 is 0 Å². The van der Waals surface area contributed by atoms with Crippen LogP contribution in [0.5, 0.6) is 0 Å². The Morgan fingerprint density at radius 3 is 1.26 bits per heavy atom. The first-order valence-corrected chi connectivity index (χ1v) is 15.5. The minimum Gasteiger partial charge on any atom is -0.372 e. The van der Waals surface area contributed by atoms with Crippen molar-refractivity contribution in [3.05, 3.63) is 72.5 Å². The molecule has 0 aromatic heterocycles. The molecule has 0 saturated carbocycles. The fourth-order valence-electron chi connectivity index (χ4n) is 5.09. The first-order chi connectivity index (χ1) is 18.6. The van der Waals surface area contributed by atoms with Gasteiger partial charge in [-0.25, -0.2) is 0 Å². The Labute approximate surface area is 234 Å². The molecule has 0 bridgehead atoms. The maximum atomic E-state index is 2.57. The van der Waals surface area contributed by atoms with Gasteiger partial charge in [-0.1, -0.05) is 72.5 Å². The molecule has 0 aliphatic heterocycles. The molecule has 3 heteroatoms. The molecular weight excluding hydrogens is 462 g/mol. The van der Waals surface area contributed by atoms with E-state index in [1.165, 1.54) is 79.8 Å². The normalized spacial score (nSPS) is 14.9. The van der Waals surface area contributed by atoms with Gasteiger partial charge in [0.2, 0.25) is 0 Å². The highest BCUT2D eigenvalue weighted by Crippen LogP contribution is 2.35. The number of nitrogens with zero attached hydrogens (tertiary/aromatic N) is 3. The third-order valence-corrected chi connectivity index (χ3v) is 7.62. The zero-order valence-corrected chi connectivity index (χ0v) is 25.0. The Bertz CT molecular complexity index is 894. The number of hydrogen-bond donors (Lipinski definition) is 0. The molecule has 1 aliphatic rings. The highest BCUT2D eigenvalue weighted by atomic mass is 15.2. The molecule has 3 rings (SSSR count). The summed E-state index contributed by atoms with van der Waals surface area (Å²) in [6.45, 7) is 16.0. The van der Waals surface area contributed by atoms with Crippen molar-refractivity contribution in [2.75, 3.05) is 40.9 Å². The fourth-order valence-corrected chi connectivity index (χ4v) is 5.09. The van der Waals surface area contributed by atoms with Crippen LogP contribution in [0.4, 0.5) is 22.7 Å². The van der Waals surface area contributed by atoms with Gasteiger partial charge in [-0.15, -0.1) is 0 Å². The van der Waals surface area contributed by atoms with E-state index >= 15 is 0 Å². The monoisotopic (exact) mass is 515 g/mol. The standard InChI is InChI=1S/C35H53N3/c1-6-10-26-36(27-11-7-2)31-18-22-34(23-19-31)38(33-16-14-30(5)15-17-33)35-24-20-32(21-25-35)37(28-12-8-3)29-13-9-4/h14,16-25,30H,6-13,15,26-29H2,1-5H3. The van der Waals surface area contributed by atoms with Gasteiger partial charge in [0.15, 0.2) is 0 Å². The van der Waals surface area contributed by atoms with Crippen LogP contribution in [-0.4, -0.2) is 26.2 Å². The molecule has 3 nitrogen and oxygen atoms in total. The van der Waals surface area contributed by atoms with Crippen molar-refractivity contribution in [3.63, 3.8) is 0 Å². The molecule has 1 unspecified atom stereocenters. The summed E-state index contributed by atoms with van der Waals surface area (Å²) < 4.78 is 0. The van der Waals surface area contributed by atoms with Gasteiger partial charge in [-0.05, 0) is 92.6 Å². The Morgan fingerprint density at radius 1 is 0.579 bits per heavy atom. The maximum Gasteiger partial charge on any atom is 0.0462 e. The maximum absolute atomic E-state index is 2.57. The summed E-state index contributed by atoms with van der Waals surface area (Å²) in [4.78, 5) is 7.57.